The third-order valence-electron chi connectivity index (χ3n) is 4.94. The van der Waals surface area contributed by atoms with Crippen LogP contribution in [0.3, 0.4) is 0 Å². The highest BCUT2D eigenvalue weighted by atomic mass is 16.7. The van der Waals surface area contributed by atoms with Crippen LogP contribution < -0.4 is 24.8 Å². The molecule has 9 nitrogen and oxygen atoms in total. The van der Waals surface area contributed by atoms with Crippen LogP contribution in [0.1, 0.15) is 33.2 Å². The molecule has 0 unspecified atom stereocenters. The molecule has 0 fully saturated rings. The summed E-state index contributed by atoms with van der Waals surface area (Å²) in [6, 6.07) is 18.3. The molecule has 0 aliphatic heterocycles. The summed E-state index contributed by atoms with van der Waals surface area (Å²) in [6.45, 7) is 2.04. The van der Waals surface area contributed by atoms with Gasteiger partial charge in [-0.15, -0.1) is 0 Å². The molecule has 3 rings (SSSR count). The highest BCUT2D eigenvalue weighted by molar-refractivity contribution is 6.08. The van der Waals surface area contributed by atoms with Gasteiger partial charge in [0.2, 0.25) is 0 Å². The molecule has 0 saturated carbocycles. The van der Waals surface area contributed by atoms with Crippen molar-refractivity contribution in [2.24, 2.45) is 0 Å². The molecule has 0 aliphatic carbocycles. The van der Waals surface area contributed by atoms with Crippen LogP contribution in [-0.2, 0) is 11.3 Å². The van der Waals surface area contributed by atoms with Gasteiger partial charge in [-0.05, 0) is 55.0 Å². The minimum absolute atomic E-state index is 0.166. The lowest BCUT2D eigenvalue weighted by molar-refractivity contribution is 0.0950. The summed E-state index contributed by atoms with van der Waals surface area (Å²) >= 11 is 0. The summed E-state index contributed by atoms with van der Waals surface area (Å²) in [4.78, 5) is 37.0. The van der Waals surface area contributed by atoms with Crippen molar-refractivity contribution in [1.82, 2.24) is 5.32 Å². The van der Waals surface area contributed by atoms with E-state index >= 15 is 0 Å². The molecule has 0 bridgehead atoms. The third kappa shape index (κ3) is 6.50. The van der Waals surface area contributed by atoms with Gasteiger partial charge in [0.25, 0.3) is 11.8 Å². The van der Waals surface area contributed by atoms with Crippen molar-refractivity contribution < 1.29 is 33.3 Å². The summed E-state index contributed by atoms with van der Waals surface area (Å²) in [5.74, 6) is 0.279. The highest BCUT2D eigenvalue weighted by Crippen LogP contribution is 2.29. The molecule has 2 N–H and O–H groups in total. The van der Waals surface area contributed by atoms with Crippen LogP contribution in [0.2, 0.25) is 0 Å². The van der Waals surface area contributed by atoms with Crippen molar-refractivity contribution in [2.45, 2.75) is 13.5 Å². The van der Waals surface area contributed by atoms with E-state index in [1.54, 1.807) is 43.3 Å². The molecular formula is C26H26N2O7. The predicted octanol–water partition coefficient (Wildman–Crippen LogP) is 4.42. The maximum absolute atomic E-state index is 13.0. The molecule has 9 heteroatoms. The second-order valence-electron chi connectivity index (χ2n) is 7.14. The fourth-order valence-electron chi connectivity index (χ4n) is 3.25. The second kappa shape index (κ2) is 12.1. The predicted molar refractivity (Wildman–Crippen MR) is 129 cm³/mol. The van der Waals surface area contributed by atoms with Gasteiger partial charge in [0.15, 0.2) is 0 Å². The van der Waals surface area contributed by atoms with Crippen LogP contribution in [0.5, 0.6) is 17.2 Å². The first-order valence-corrected chi connectivity index (χ1v) is 10.8. The van der Waals surface area contributed by atoms with E-state index in [2.05, 4.69) is 10.6 Å². The van der Waals surface area contributed by atoms with E-state index in [4.69, 9.17) is 18.9 Å². The third-order valence-corrected chi connectivity index (χ3v) is 4.94. The van der Waals surface area contributed by atoms with Crippen molar-refractivity contribution in [3.05, 3.63) is 83.4 Å². The van der Waals surface area contributed by atoms with E-state index < -0.39 is 12.1 Å². The van der Waals surface area contributed by atoms with Crippen molar-refractivity contribution in [1.29, 1.82) is 0 Å². The van der Waals surface area contributed by atoms with Gasteiger partial charge in [-0.25, -0.2) is 4.79 Å². The Hall–Kier alpha value is -4.53. The number of carbonyl (C=O) groups is 3. The fraction of sp³-hybridized carbons (Fsp3) is 0.192. The Kier molecular flexibility index (Phi) is 8.66. The summed E-state index contributed by atoms with van der Waals surface area (Å²) in [5.41, 5.74) is 1.87. The van der Waals surface area contributed by atoms with Crippen LogP contribution in [0.15, 0.2) is 66.7 Å². The van der Waals surface area contributed by atoms with E-state index in [0.29, 0.717) is 28.3 Å². The number of carbonyl (C=O) groups excluding carboxylic acids is 3. The number of methoxy groups -OCH3 is 2. The Morgan fingerprint density at radius 2 is 1.46 bits per heavy atom. The second-order valence-corrected chi connectivity index (χ2v) is 7.14. The first-order chi connectivity index (χ1) is 17.0. The van der Waals surface area contributed by atoms with Gasteiger partial charge in [-0.2, -0.15) is 0 Å². The maximum Gasteiger partial charge on any atom is 0.513 e. The number of rotatable bonds is 9. The highest BCUT2D eigenvalue weighted by Gasteiger charge is 2.19. The molecule has 0 atom stereocenters. The molecule has 3 aromatic carbocycles. The van der Waals surface area contributed by atoms with Crippen molar-refractivity contribution in [3.8, 4) is 17.2 Å². The van der Waals surface area contributed by atoms with E-state index in [9.17, 15) is 14.4 Å². The molecule has 0 aliphatic rings. The monoisotopic (exact) mass is 478 g/mol. The summed E-state index contributed by atoms with van der Waals surface area (Å²) in [5, 5.41) is 5.69. The molecule has 2 amide bonds. The normalized spacial score (nSPS) is 10.1. The topological polar surface area (TPSA) is 112 Å². The summed E-state index contributed by atoms with van der Waals surface area (Å²) < 4.78 is 20.3. The molecule has 3 aromatic rings. The van der Waals surface area contributed by atoms with Crippen LogP contribution in [-0.4, -0.2) is 38.8 Å². The molecule has 0 heterocycles. The molecule has 0 radical (unpaired) electrons. The molecular weight excluding hydrogens is 452 g/mol. The number of hydrogen-bond donors (Lipinski definition) is 2. The first kappa shape index (κ1) is 25.1. The fourth-order valence-corrected chi connectivity index (χ4v) is 3.25. The SMILES string of the molecule is CCOC(=O)Oc1ccc(C(=O)NCc2ccccc2NC(=O)c2c(OC)cccc2OC)cc1. The van der Waals surface area contributed by atoms with Gasteiger partial charge in [0.05, 0.1) is 20.8 Å². The molecule has 0 spiro atoms. The number of nitrogens with one attached hydrogen (secondary N) is 2. The Bertz CT molecular complexity index is 1170. The average molecular weight is 479 g/mol. The van der Waals surface area contributed by atoms with Gasteiger partial charge in [-0.3, -0.25) is 9.59 Å². The van der Waals surface area contributed by atoms with Gasteiger partial charge in [0.1, 0.15) is 22.8 Å². The van der Waals surface area contributed by atoms with E-state index in [-0.39, 0.29) is 30.4 Å². The van der Waals surface area contributed by atoms with Crippen LogP contribution in [0.25, 0.3) is 0 Å². The van der Waals surface area contributed by atoms with E-state index in [1.807, 2.05) is 6.07 Å². The standard InChI is InChI=1S/C26H26N2O7/c1-4-34-26(31)35-19-14-12-17(13-15-19)24(29)27-16-18-8-5-6-9-20(18)28-25(30)23-21(32-2)10-7-11-22(23)33-3/h5-15H,4,16H2,1-3H3,(H,27,29)(H,28,30). The number of benzene rings is 3. The Balaban J connectivity index is 1.68. The van der Waals surface area contributed by atoms with Crippen molar-refractivity contribution >= 4 is 23.7 Å². The largest absolute Gasteiger partial charge is 0.513 e. The molecule has 35 heavy (non-hydrogen) atoms. The minimum atomic E-state index is -0.811. The van der Waals surface area contributed by atoms with Gasteiger partial charge < -0.3 is 29.6 Å². The van der Waals surface area contributed by atoms with Crippen molar-refractivity contribution in [2.75, 3.05) is 26.1 Å². The average Bonchev–Trinajstić information content (AvgIpc) is 2.87. The quantitative estimate of drug-likeness (QED) is 0.346. The van der Waals surface area contributed by atoms with Gasteiger partial charge >= 0.3 is 6.16 Å². The van der Waals surface area contributed by atoms with Crippen LogP contribution in [0.4, 0.5) is 10.5 Å². The Labute approximate surface area is 203 Å². The maximum atomic E-state index is 13.0. The van der Waals surface area contributed by atoms with E-state index in [1.165, 1.54) is 38.5 Å². The van der Waals surface area contributed by atoms with E-state index in [0.717, 1.165) is 0 Å². The Morgan fingerprint density at radius 3 is 2.09 bits per heavy atom. The lowest BCUT2D eigenvalue weighted by atomic mass is 10.1. The van der Waals surface area contributed by atoms with Gasteiger partial charge in [-0.1, -0.05) is 24.3 Å². The van der Waals surface area contributed by atoms with Crippen LogP contribution in [0, 0.1) is 0 Å². The van der Waals surface area contributed by atoms with Crippen LogP contribution >= 0.6 is 0 Å². The zero-order valence-electron chi connectivity index (χ0n) is 19.6. The zero-order chi connectivity index (χ0) is 25.2. The first-order valence-electron chi connectivity index (χ1n) is 10.8. The zero-order valence-corrected chi connectivity index (χ0v) is 19.6. The number of para-hydroxylation sites is 1. The molecule has 0 aromatic heterocycles. The number of anilines is 1. The molecule has 182 valence electrons. The molecule has 0 saturated heterocycles. The lowest BCUT2D eigenvalue weighted by Gasteiger charge is -2.15. The lowest BCUT2D eigenvalue weighted by Crippen LogP contribution is -2.24. The number of hydrogen-bond acceptors (Lipinski definition) is 7. The smallest absolute Gasteiger partial charge is 0.496 e. The van der Waals surface area contributed by atoms with Crippen molar-refractivity contribution in [3.63, 3.8) is 0 Å². The van der Waals surface area contributed by atoms with Gasteiger partial charge in [0, 0.05) is 17.8 Å². The Morgan fingerprint density at radius 1 is 0.800 bits per heavy atom. The summed E-state index contributed by atoms with van der Waals surface area (Å²) in [6.07, 6.45) is -0.811. The minimum Gasteiger partial charge on any atom is -0.496 e. The number of ether oxygens (including phenoxy) is 4. The number of amides is 2. The summed E-state index contributed by atoms with van der Waals surface area (Å²) in [7, 11) is 2.95.